The lowest BCUT2D eigenvalue weighted by Gasteiger charge is -2.58. The molecule has 2 bridgehead atoms. The lowest BCUT2D eigenvalue weighted by atomic mass is 9.73. The molecule has 3 rings (SSSR count). The molecule has 16 heavy (non-hydrogen) atoms. The minimum Gasteiger partial charge on any atom is -0.308 e. The number of nitrogens with zero attached hydrogens (tertiary/aromatic N) is 1. The van der Waals surface area contributed by atoms with E-state index in [1.54, 1.807) is 0 Å². The molecule has 0 aromatic carbocycles. The summed E-state index contributed by atoms with van der Waals surface area (Å²) in [5.41, 5.74) is 0.683. The zero-order valence-electron chi connectivity index (χ0n) is 11.8. The van der Waals surface area contributed by atoms with Gasteiger partial charge in [-0.2, -0.15) is 0 Å². The molecule has 0 saturated carbocycles. The van der Waals surface area contributed by atoms with Crippen molar-refractivity contribution >= 4 is 0 Å². The van der Waals surface area contributed by atoms with Crippen LogP contribution in [0.15, 0.2) is 0 Å². The smallest absolute Gasteiger partial charge is 0.0275 e. The summed E-state index contributed by atoms with van der Waals surface area (Å²) in [6, 6.07) is 2.10. The molecule has 0 aliphatic carbocycles. The summed E-state index contributed by atoms with van der Waals surface area (Å²) in [5, 5.41) is 3.85. The molecule has 3 fully saturated rings. The van der Waals surface area contributed by atoms with Gasteiger partial charge < -0.3 is 5.32 Å². The first-order chi connectivity index (χ1) is 7.19. The van der Waals surface area contributed by atoms with Crippen LogP contribution < -0.4 is 5.32 Å². The minimum atomic E-state index is 0.314. The molecule has 3 heterocycles. The Hall–Kier alpha value is -0.0800. The maximum Gasteiger partial charge on any atom is 0.0275 e. The topological polar surface area (TPSA) is 15.3 Å². The largest absolute Gasteiger partial charge is 0.308 e. The van der Waals surface area contributed by atoms with E-state index in [9.17, 15) is 0 Å². The van der Waals surface area contributed by atoms with E-state index in [1.807, 2.05) is 0 Å². The minimum absolute atomic E-state index is 0.314. The highest BCUT2D eigenvalue weighted by molar-refractivity contribution is 5.06. The van der Waals surface area contributed by atoms with Gasteiger partial charge in [0.15, 0.2) is 0 Å². The van der Waals surface area contributed by atoms with Crippen molar-refractivity contribution in [1.82, 2.24) is 10.2 Å². The predicted molar refractivity (Wildman–Crippen MR) is 69.6 cm³/mol. The Morgan fingerprint density at radius 3 is 2.06 bits per heavy atom. The molecule has 3 aliphatic rings. The Balaban J connectivity index is 2.22. The van der Waals surface area contributed by atoms with Gasteiger partial charge in [0.05, 0.1) is 0 Å². The summed E-state index contributed by atoms with van der Waals surface area (Å²) in [6.45, 7) is 15.4. The van der Waals surface area contributed by atoms with Crippen LogP contribution in [0.3, 0.4) is 0 Å². The summed E-state index contributed by atoms with van der Waals surface area (Å²) in [7, 11) is 0. The van der Waals surface area contributed by atoms with E-state index in [1.165, 1.54) is 19.4 Å². The Morgan fingerprint density at radius 2 is 1.62 bits per heavy atom. The predicted octanol–water partition coefficient (Wildman–Crippen LogP) is 2.64. The Morgan fingerprint density at radius 1 is 1.00 bits per heavy atom. The van der Waals surface area contributed by atoms with Gasteiger partial charge in [0.25, 0.3) is 0 Å². The number of hydrogen-bond acceptors (Lipinski definition) is 2. The fourth-order valence-electron chi connectivity index (χ4n) is 3.44. The number of piperazine rings is 1. The first-order valence-electron chi connectivity index (χ1n) is 6.72. The van der Waals surface area contributed by atoms with Crippen LogP contribution in [0.4, 0.5) is 0 Å². The number of nitrogens with one attached hydrogen (secondary N) is 1. The zero-order chi connectivity index (χ0) is 12.1. The lowest BCUT2D eigenvalue weighted by molar-refractivity contribution is -0.0506. The number of hydrogen-bond donors (Lipinski definition) is 1. The van der Waals surface area contributed by atoms with Gasteiger partial charge in [-0.15, -0.1) is 0 Å². The average molecular weight is 224 g/mol. The molecule has 1 N–H and O–H groups in total. The molecule has 0 aromatic heterocycles. The summed E-state index contributed by atoms with van der Waals surface area (Å²) < 4.78 is 0. The Labute approximate surface area is 101 Å². The molecule has 3 saturated heterocycles. The molecule has 3 atom stereocenters. The van der Waals surface area contributed by atoms with E-state index in [4.69, 9.17) is 0 Å². The lowest BCUT2D eigenvalue weighted by Crippen LogP contribution is -2.72. The number of rotatable bonds is 0. The van der Waals surface area contributed by atoms with Crippen LogP contribution in [-0.2, 0) is 0 Å². The second-order valence-corrected chi connectivity index (χ2v) is 7.68. The van der Waals surface area contributed by atoms with Crippen molar-refractivity contribution in [1.29, 1.82) is 0 Å². The molecule has 3 aliphatic heterocycles. The van der Waals surface area contributed by atoms with Gasteiger partial charge >= 0.3 is 0 Å². The van der Waals surface area contributed by atoms with E-state index in [2.05, 4.69) is 51.8 Å². The van der Waals surface area contributed by atoms with Crippen LogP contribution in [0.2, 0.25) is 0 Å². The van der Waals surface area contributed by atoms with E-state index in [0.29, 0.717) is 23.0 Å². The van der Waals surface area contributed by atoms with Crippen LogP contribution in [0.1, 0.15) is 54.4 Å². The maximum atomic E-state index is 3.85. The Kier molecular flexibility index (Phi) is 2.87. The second-order valence-electron chi connectivity index (χ2n) is 7.68. The highest BCUT2D eigenvalue weighted by Crippen LogP contribution is 2.38. The van der Waals surface area contributed by atoms with Crippen molar-refractivity contribution in [3.63, 3.8) is 0 Å². The monoisotopic (exact) mass is 224 g/mol. The fourth-order valence-corrected chi connectivity index (χ4v) is 3.44. The van der Waals surface area contributed by atoms with Crippen LogP contribution in [0.5, 0.6) is 0 Å². The van der Waals surface area contributed by atoms with Crippen LogP contribution >= 0.6 is 0 Å². The Bertz CT molecular complexity index is 235. The van der Waals surface area contributed by atoms with Crippen molar-refractivity contribution in [2.75, 3.05) is 6.54 Å². The fraction of sp³-hybridized carbons (Fsp3) is 1.00. The third kappa shape index (κ3) is 2.14. The molecule has 0 radical (unpaired) electrons. The van der Waals surface area contributed by atoms with Gasteiger partial charge in [-0.25, -0.2) is 0 Å². The molecule has 2 heteroatoms. The molecule has 3 unspecified atom stereocenters. The highest BCUT2D eigenvalue weighted by atomic mass is 15.3. The standard InChI is InChI=1S/C14H28N2/c1-13(2,3)12-11-8-7-10(15-12)9-16(11)14(4,5)6/h10-12,15H,7-9H2,1-6H3. The van der Waals surface area contributed by atoms with Gasteiger partial charge in [-0.05, 0) is 39.0 Å². The molecule has 0 spiro atoms. The molecule has 94 valence electrons. The molecule has 2 nitrogen and oxygen atoms in total. The highest BCUT2D eigenvalue weighted by Gasteiger charge is 2.47. The average Bonchev–Trinajstić information content (AvgIpc) is 2.15. The van der Waals surface area contributed by atoms with Crippen LogP contribution in [0, 0.1) is 5.41 Å². The quantitative estimate of drug-likeness (QED) is 0.680. The zero-order valence-corrected chi connectivity index (χ0v) is 11.8. The van der Waals surface area contributed by atoms with Crippen molar-refractivity contribution in [2.24, 2.45) is 5.41 Å². The van der Waals surface area contributed by atoms with E-state index >= 15 is 0 Å². The van der Waals surface area contributed by atoms with Crippen LogP contribution in [-0.4, -0.2) is 35.1 Å². The normalized spacial score (nSPS) is 36.8. The van der Waals surface area contributed by atoms with Gasteiger partial charge in [-0.1, -0.05) is 20.8 Å². The van der Waals surface area contributed by atoms with E-state index in [-0.39, 0.29) is 0 Å². The summed E-state index contributed by atoms with van der Waals surface area (Å²) in [5.74, 6) is 0. The summed E-state index contributed by atoms with van der Waals surface area (Å²) >= 11 is 0. The first-order valence-corrected chi connectivity index (χ1v) is 6.72. The van der Waals surface area contributed by atoms with E-state index in [0.717, 1.165) is 6.04 Å². The van der Waals surface area contributed by atoms with Crippen molar-refractivity contribution in [2.45, 2.75) is 78.0 Å². The number of piperidine rings is 2. The molecule has 0 aromatic rings. The van der Waals surface area contributed by atoms with E-state index < -0.39 is 0 Å². The summed E-state index contributed by atoms with van der Waals surface area (Å²) in [4.78, 5) is 2.73. The van der Waals surface area contributed by atoms with Gasteiger partial charge in [0, 0.05) is 30.2 Å². The number of fused-ring (bicyclic) bond motifs is 3. The van der Waals surface area contributed by atoms with Crippen molar-refractivity contribution in [3.05, 3.63) is 0 Å². The molecular formula is C14H28N2. The van der Waals surface area contributed by atoms with Gasteiger partial charge in [0.2, 0.25) is 0 Å². The summed E-state index contributed by atoms with van der Waals surface area (Å²) in [6.07, 6.45) is 2.74. The van der Waals surface area contributed by atoms with Crippen LogP contribution in [0.25, 0.3) is 0 Å². The molecule has 0 amide bonds. The molecular weight excluding hydrogens is 196 g/mol. The third-order valence-corrected chi connectivity index (χ3v) is 4.22. The van der Waals surface area contributed by atoms with Crippen molar-refractivity contribution in [3.8, 4) is 0 Å². The van der Waals surface area contributed by atoms with Gasteiger partial charge in [-0.3, -0.25) is 4.90 Å². The van der Waals surface area contributed by atoms with Gasteiger partial charge in [0.1, 0.15) is 0 Å². The third-order valence-electron chi connectivity index (χ3n) is 4.22. The van der Waals surface area contributed by atoms with Crippen molar-refractivity contribution < 1.29 is 0 Å². The second kappa shape index (κ2) is 3.71. The first kappa shape index (κ1) is 12.4. The maximum absolute atomic E-state index is 3.85. The SMILES string of the molecule is CC(C)(C)C1NC2CCC1N(C(C)(C)C)C2.